The number of carbonyl (C=O) groups excluding carboxylic acids is 1. The molecule has 0 saturated carbocycles. The minimum atomic E-state index is -0.812. The highest BCUT2D eigenvalue weighted by Crippen LogP contribution is 2.18. The maximum absolute atomic E-state index is 12.4. The van der Waals surface area contributed by atoms with Crippen LogP contribution in [0.3, 0.4) is 0 Å². The first-order valence-electron chi connectivity index (χ1n) is 20.3. The van der Waals surface area contributed by atoms with E-state index in [-0.39, 0.29) is 18.5 Å². The van der Waals surface area contributed by atoms with Gasteiger partial charge in [0.05, 0.1) is 0 Å². The largest absolute Gasteiger partial charge is 0.481 e. The molecule has 0 aliphatic rings. The monoisotopic (exact) mass is 647 g/mol. The second-order valence-corrected chi connectivity index (χ2v) is 13.8. The number of ether oxygens (including phenoxy) is 1. The molecular weight excluding hydrogens is 568 g/mol. The molecule has 0 aliphatic heterocycles. The number of hydrogen-bond donors (Lipinski definition) is 1. The van der Waals surface area contributed by atoms with Crippen LogP contribution < -0.4 is 0 Å². The number of aliphatic carboxylic acids is 1. The van der Waals surface area contributed by atoms with Gasteiger partial charge in [-0.05, 0) is 57.8 Å². The second kappa shape index (κ2) is 37.9. The van der Waals surface area contributed by atoms with Crippen molar-refractivity contribution in [3.63, 3.8) is 0 Å². The molecule has 0 aromatic rings. The Kier molecular flexibility index (Phi) is 36.6. The normalized spacial score (nSPS) is 12.4. The quantitative estimate of drug-likeness (QED) is 0.0414. The van der Waals surface area contributed by atoms with E-state index in [0.29, 0.717) is 12.8 Å². The van der Waals surface area contributed by atoms with E-state index in [4.69, 9.17) is 9.84 Å². The van der Waals surface area contributed by atoms with Gasteiger partial charge in [-0.1, -0.05) is 179 Å². The Morgan fingerprint density at radius 1 is 0.478 bits per heavy atom. The highest BCUT2D eigenvalue weighted by atomic mass is 16.5. The molecular formula is C42H78O4. The van der Waals surface area contributed by atoms with Crippen LogP contribution in [0.5, 0.6) is 0 Å². The van der Waals surface area contributed by atoms with Crippen LogP contribution in [0.4, 0.5) is 0 Å². The summed E-state index contributed by atoms with van der Waals surface area (Å²) in [6.45, 7) is 4.53. The fraction of sp³-hybridized carbons (Fsp3) is 0.857. The zero-order valence-corrected chi connectivity index (χ0v) is 30.9. The van der Waals surface area contributed by atoms with Gasteiger partial charge in [-0.3, -0.25) is 9.59 Å². The molecule has 0 amide bonds. The SMILES string of the molecule is CCCCC/C=C\C/C=C\CCCCCCCC(=O)OC(CCCCCCCCCCCCCCCCCCCC)CCC(=O)O. The number of carboxylic acid groups (broad SMARTS) is 1. The molecule has 1 N–H and O–H groups in total. The number of unbranched alkanes of at least 4 members (excludes halogenated alkanes) is 25. The predicted octanol–water partition coefficient (Wildman–Crippen LogP) is 14.0. The predicted molar refractivity (Wildman–Crippen MR) is 200 cm³/mol. The van der Waals surface area contributed by atoms with Crippen molar-refractivity contribution in [1.29, 1.82) is 0 Å². The van der Waals surface area contributed by atoms with Crippen LogP contribution in [0.25, 0.3) is 0 Å². The molecule has 0 bridgehead atoms. The van der Waals surface area contributed by atoms with Gasteiger partial charge in [-0.25, -0.2) is 0 Å². The molecule has 4 heteroatoms. The van der Waals surface area contributed by atoms with Gasteiger partial charge in [-0.15, -0.1) is 0 Å². The zero-order chi connectivity index (χ0) is 33.6. The van der Waals surface area contributed by atoms with Crippen molar-refractivity contribution in [3.8, 4) is 0 Å². The molecule has 0 spiro atoms. The van der Waals surface area contributed by atoms with Crippen LogP contribution in [0.1, 0.15) is 226 Å². The summed E-state index contributed by atoms with van der Waals surface area (Å²) in [7, 11) is 0. The molecule has 0 heterocycles. The Bertz CT molecular complexity index is 698. The topological polar surface area (TPSA) is 63.6 Å². The fourth-order valence-corrected chi connectivity index (χ4v) is 6.15. The molecule has 1 atom stereocenters. The first kappa shape index (κ1) is 44.4. The van der Waals surface area contributed by atoms with Crippen LogP contribution in [0.15, 0.2) is 24.3 Å². The maximum atomic E-state index is 12.4. The lowest BCUT2D eigenvalue weighted by Gasteiger charge is -2.17. The van der Waals surface area contributed by atoms with Crippen LogP contribution >= 0.6 is 0 Å². The average molecular weight is 647 g/mol. The van der Waals surface area contributed by atoms with E-state index in [1.54, 1.807) is 0 Å². The molecule has 0 aromatic heterocycles. The summed E-state index contributed by atoms with van der Waals surface area (Å²) in [5.41, 5.74) is 0. The lowest BCUT2D eigenvalue weighted by molar-refractivity contribution is -0.151. The summed E-state index contributed by atoms with van der Waals surface area (Å²) in [5, 5.41) is 9.13. The lowest BCUT2D eigenvalue weighted by Crippen LogP contribution is -2.19. The van der Waals surface area contributed by atoms with Gasteiger partial charge in [0.1, 0.15) is 6.10 Å². The van der Waals surface area contributed by atoms with Gasteiger partial charge >= 0.3 is 11.9 Å². The molecule has 0 aromatic carbocycles. The van der Waals surface area contributed by atoms with E-state index in [2.05, 4.69) is 38.2 Å². The van der Waals surface area contributed by atoms with E-state index in [9.17, 15) is 9.59 Å². The molecule has 0 aliphatic carbocycles. The summed E-state index contributed by atoms with van der Waals surface area (Å²) >= 11 is 0. The van der Waals surface area contributed by atoms with Crippen molar-refractivity contribution < 1.29 is 19.4 Å². The maximum Gasteiger partial charge on any atom is 0.306 e. The minimum Gasteiger partial charge on any atom is -0.481 e. The Labute approximate surface area is 287 Å². The second-order valence-electron chi connectivity index (χ2n) is 13.8. The van der Waals surface area contributed by atoms with E-state index in [1.807, 2.05) is 0 Å². The zero-order valence-electron chi connectivity index (χ0n) is 30.9. The van der Waals surface area contributed by atoms with Gasteiger partial charge in [0.25, 0.3) is 0 Å². The summed E-state index contributed by atoms with van der Waals surface area (Å²) < 4.78 is 5.74. The molecule has 0 radical (unpaired) electrons. The number of carbonyl (C=O) groups is 2. The van der Waals surface area contributed by atoms with Gasteiger partial charge in [0.2, 0.25) is 0 Å². The molecule has 1 unspecified atom stereocenters. The number of allylic oxidation sites excluding steroid dienone is 4. The Hall–Kier alpha value is -1.58. The minimum absolute atomic E-state index is 0.0701. The first-order chi connectivity index (χ1) is 22.6. The smallest absolute Gasteiger partial charge is 0.306 e. The van der Waals surface area contributed by atoms with Crippen LogP contribution in [-0.2, 0) is 14.3 Å². The molecule has 4 nitrogen and oxygen atoms in total. The van der Waals surface area contributed by atoms with E-state index < -0.39 is 5.97 Å². The number of esters is 1. The number of carboxylic acids is 1. The summed E-state index contributed by atoms with van der Waals surface area (Å²) in [6, 6.07) is 0. The average Bonchev–Trinajstić information content (AvgIpc) is 3.04. The highest BCUT2D eigenvalue weighted by Gasteiger charge is 2.16. The van der Waals surface area contributed by atoms with Crippen molar-refractivity contribution in [2.24, 2.45) is 0 Å². The van der Waals surface area contributed by atoms with Crippen molar-refractivity contribution >= 4 is 11.9 Å². The third-order valence-corrected chi connectivity index (χ3v) is 9.19. The third kappa shape index (κ3) is 36.9. The van der Waals surface area contributed by atoms with Gasteiger partial charge < -0.3 is 9.84 Å². The third-order valence-electron chi connectivity index (χ3n) is 9.19. The molecule has 0 saturated heterocycles. The van der Waals surface area contributed by atoms with Gasteiger partial charge in [0, 0.05) is 12.8 Å². The first-order valence-corrected chi connectivity index (χ1v) is 20.3. The van der Waals surface area contributed by atoms with E-state index in [1.165, 1.54) is 141 Å². The van der Waals surface area contributed by atoms with Crippen LogP contribution in [0, 0.1) is 0 Å². The summed E-state index contributed by atoms with van der Waals surface area (Å²) in [5.74, 6) is -0.962. The van der Waals surface area contributed by atoms with Crippen molar-refractivity contribution in [2.45, 2.75) is 232 Å². The van der Waals surface area contributed by atoms with E-state index in [0.717, 1.165) is 51.4 Å². The fourth-order valence-electron chi connectivity index (χ4n) is 6.15. The summed E-state index contributed by atoms with van der Waals surface area (Å²) in [6.07, 6.45) is 47.7. The highest BCUT2D eigenvalue weighted by molar-refractivity contribution is 5.69. The molecule has 270 valence electrons. The standard InChI is InChI=1S/C42H78O4/c1-3-5-7-9-11-13-15-17-19-20-21-23-24-26-28-30-32-34-36-40(38-39-41(43)44)46-42(45)37-35-33-31-29-27-25-22-18-16-14-12-10-8-6-4-2/h12,14,18,22,40H,3-11,13,15-17,19-21,23-39H2,1-2H3,(H,43,44)/b14-12-,22-18-. The van der Waals surface area contributed by atoms with E-state index >= 15 is 0 Å². The Morgan fingerprint density at radius 2 is 0.870 bits per heavy atom. The summed E-state index contributed by atoms with van der Waals surface area (Å²) in [4.78, 5) is 23.6. The lowest BCUT2D eigenvalue weighted by atomic mass is 10.0. The van der Waals surface area contributed by atoms with Crippen molar-refractivity contribution in [3.05, 3.63) is 24.3 Å². The molecule has 0 rings (SSSR count). The van der Waals surface area contributed by atoms with Crippen molar-refractivity contribution in [2.75, 3.05) is 0 Å². The Balaban J connectivity index is 3.72. The number of hydrogen-bond acceptors (Lipinski definition) is 3. The van der Waals surface area contributed by atoms with Crippen molar-refractivity contribution in [1.82, 2.24) is 0 Å². The van der Waals surface area contributed by atoms with Gasteiger partial charge in [-0.2, -0.15) is 0 Å². The number of rotatable bonds is 37. The molecule has 46 heavy (non-hydrogen) atoms. The van der Waals surface area contributed by atoms with Crippen LogP contribution in [0.2, 0.25) is 0 Å². The Morgan fingerprint density at radius 3 is 1.35 bits per heavy atom. The molecule has 0 fully saturated rings. The van der Waals surface area contributed by atoms with Crippen LogP contribution in [-0.4, -0.2) is 23.1 Å². The van der Waals surface area contributed by atoms with Gasteiger partial charge in [0.15, 0.2) is 0 Å².